The molecular weight excluding hydrogens is 250 g/mol. The van der Waals surface area contributed by atoms with Crippen molar-refractivity contribution in [3.8, 4) is 11.1 Å². The maximum absolute atomic E-state index is 12.2. The van der Waals surface area contributed by atoms with Crippen molar-refractivity contribution in [1.29, 1.82) is 0 Å². The van der Waals surface area contributed by atoms with E-state index in [-0.39, 0.29) is 5.56 Å². The van der Waals surface area contributed by atoms with Gasteiger partial charge in [0.1, 0.15) is 5.65 Å². The molecule has 4 heteroatoms. The quantitative estimate of drug-likeness (QED) is 0.737. The van der Waals surface area contributed by atoms with Crippen molar-refractivity contribution in [1.82, 2.24) is 14.5 Å². The second-order valence-corrected chi connectivity index (χ2v) is 5.36. The van der Waals surface area contributed by atoms with Gasteiger partial charge in [-0.05, 0) is 37.5 Å². The Morgan fingerprint density at radius 3 is 2.45 bits per heavy atom. The molecule has 2 aromatic heterocycles. The second-order valence-electron chi connectivity index (χ2n) is 5.36. The Morgan fingerprint density at radius 2 is 1.80 bits per heavy atom. The minimum atomic E-state index is -0.0926. The minimum absolute atomic E-state index is 0.0926. The minimum Gasteiger partial charge on any atom is -0.335 e. The van der Waals surface area contributed by atoms with Crippen molar-refractivity contribution >= 4 is 11.0 Å². The molecule has 0 saturated heterocycles. The van der Waals surface area contributed by atoms with Gasteiger partial charge < -0.3 is 9.55 Å². The van der Waals surface area contributed by atoms with Crippen LogP contribution in [0.15, 0.2) is 29.5 Å². The van der Waals surface area contributed by atoms with Crippen molar-refractivity contribution in [3.63, 3.8) is 0 Å². The first-order valence-corrected chi connectivity index (χ1v) is 6.60. The van der Waals surface area contributed by atoms with Gasteiger partial charge in [0.25, 0.3) is 5.56 Å². The van der Waals surface area contributed by atoms with E-state index in [1.807, 2.05) is 17.8 Å². The molecule has 0 aliphatic carbocycles. The van der Waals surface area contributed by atoms with E-state index < -0.39 is 0 Å². The van der Waals surface area contributed by atoms with E-state index in [0.29, 0.717) is 11.0 Å². The fourth-order valence-corrected chi connectivity index (χ4v) is 3.01. The molecule has 0 fully saturated rings. The van der Waals surface area contributed by atoms with Gasteiger partial charge in [-0.25, -0.2) is 4.98 Å². The largest absolute Gasteiger partial charge is 0.335 e. The highest BCUT2D eigenvalue weighted by Crippen LogP contribution is 2.32. The molecule has 0 spiro atoms. The topological polar surface area (TPSA) is 50.7 Å². The molecule has 102 valence electrons. The molecule has 0 atom stereocenters. The summed E-state index contributed by atoms with van der Waals surface area (Å²) in [6.45, 7) is 6.25. The number of hydrogen-bond acceptors (Lipinski definition) is 2. The van der Waals surface area contributed by atoms with Crippen LogP contribution in [0, 0.1) is 20.8 Å². The van der Waals surface area contributed by atoms with Gasteiger partial charge in [-0.15, -0.1) is 0 Å². The normalized spacial score (nSPS) is 11.2. The Morgan fingerprint density at radius 1 is 1.15 bits per heavy atom. The van der Waals surface area contributed by atoms with E-state index >= 15 is 0 Å². The average molecular weight is 267 g/mol. The molecule has 3 rings (SSSR count). The molecule has 1 aromatic carbocycles. The summed E-state index contributed by atoms with van der Waals surface area (Å²) in [7, 11) is 1.91. The Balaban J connectivity index is 2.45. The van der Waals surface area contributed by atoms with Gasteiger partial charge in [0.05, 0.1) is 11.7 Å². The highest BCUT2D eigenvalue weighted by molar-refractivity contribution is 5.95. The van der Waals surface area contributed by atoms with Crippen LogP contribution in [0.4, 0.5) is 0 Å². The summed E-state index contributed by atoms with van der Waals surface area (Å²) in [6, 6.07) is 4.29. The average Bonchev–Trinajstić information content (AvgIpc) is 2.67. The van der Waals surface area contributed by atoms with Crippen LogP contribution in [0.1, 0.15) is 16.7 Å². The predicted molar refractivity (Wildman–Crippen MR) is 81.0 cm³/mol. The van der Waals surface area contributed by atoms with E-state index in [4.69, 9.17) is 0 Å². The number of aromatic amines is 1. The summed E-state index contributed by atoms with van der Waals surface area (Å²) in [4.78, 5) is 19.1. The number of hydrogen-bond donors (Lipinski definition) is 1. The molecular formula is C16H17N3O. The first kappa shape index (κ1) is 12.7. The number of fused-ring (bicyclic) bond motifs is 1. The molecule has 0 bridgehead atoms. The first-order chi connectivity index (χ1) is 9.49. The summed E-state index contributed by atoms with van der Waals surface area (Å²) in [5, 5.41) is 0.657. The Bertz CT molecular complexity index is 848. The molecule has 0 aliphatic rings. The summed E-state index contributed by atoms with van der Waals surface area (Å²) in [6.07, 6.45) is 3.43. The van der Waals surface area contributed by atoms with Crippen LogP contribution < -0.4 is 5.56 Å². The van der Waals surface area contributed by atoms with Gasteiger partial charge >= 0.3 is 0 Å². The third-order valence-corrected chi connectivity index (χ3v) is 3.71. The zero-order valence-electron chi connectivity index (χ0n) is 12.1. The van der Waals surface area contributed by atoms with Crippen LogP contribution in [-0.4, -0.2) is 14.5 Å². The van der Waals surface area contributed by atoms with Crippen LogP contribution in [0.5, 0.6) is 0 Å². The van der Waals surface area contributed by atoms with Crippen molar-refractivity contribution in [2.75, 3.05) is 0 Å². The van der Waals surface area contributed by atoms with Gasteiger partial charge in [-0.3, -0.25) is 4.79 Å². The molecule has 1 N–H and O–H groups in total. The van der Waals surface area contributed by atoms with Crippen molar-refractivity contribution in [2.45, 2.75) is 20.8 Å². The van der Waals surface area contributed by atoms with Crippen LogP contribution in [0.3, 0.4) is 0 Å². The molecule has 2 heterocycles. The molecule has 0 radical (unpaired) electrons. The summed E-state index contributed by atoms with van der Waals surface area (Å²) in [5.41, 5.74) is 6.28. The maximum Gasteiger partial charge on any atom is 0.260 e. The lowest BCUT2D eigenvalue weighted by atomic mass is 9.94. The summed E-state index contributed by atoms with van der Waals surface area (Å²) in [5.74, 6) is 0. The molecule has 4 nitrogen and oxygen atoms in total. The SMILES string of the molecule is Cc1cc(C)c(-c2cn(C)c3nc[nH]c(=O)c23)c(C)c1. The second kappa shape index (κ2) is 4.34. The Hall–Kier alpha value is -2.36. The van der Waals surface area contributed by atoms with Crippen molar-refractivity contribution in [2.24, 2.45) is 7.05 Å². The number of rotatable bonds is 1. The highest BCUT2D eigenvalue weighted by Gasteiger charge is 2.16. The summed E-state index contributed by atoms with van der Waals surface area (Å²) < 4.78 is 1.90. The number of nitrogens with one attached hydrogen (secondary N) is 1. The number of H-pyrrole nitrogens is 1. The molecule has 0 saturated carbocycles. The van der Waals surface area contributed by atoms with Crippen LogP contribution in [-0.2, 0) is 7.05 Å². The van der Waals surface area contributed by atoms with Crippen LogP contribution in [0.25, 0.3) is 22.2 Å². The molecule has 3 aromatic rings. The van der Waals surface area contributed by atoms with Gasteiger partial charge in [0, 0.05) is 18.8 Å². The number of aryl methyl sites for hydroxylation is 4. The van der Waals surface area contributed by atoms with E-state index in [1.54, 1.807) is 0 Å². The standard InChI is InChI=1S/C16H17N3O/c1-9-5-10(2)13(11(3)6-9)12-7-19(4)15-14(12)16(20)18-8-17-15/h5-8H,1-4H3,(H,17,18,20). The maximum atomic E-state index is 12.2. The number of aromatic nitrogens is 3. The lowest BCUT2D eigenvalue weighted by molar-refractivity contribution is 0.942. The van der Waals surface area contributed by atoms with Gasteiger partial charge in [0.15, 0.2) is 0 Å². The van der Waals surface area contributed by atoms with Crippen LogP contribution in [0.2, 0.25) is 0 Å². The highest BCUT2D eigenvalue weighted by atomic mass is 16.1. The fourth-order valence-electron chi connectivity index (χ4n) is 3.01. The van der Waals surface area contributed by atoms with E-state index in [1.165, 1.54) is 23.0 Å². The third-order valence-electron chi connectivity index (χ3n) is 3.71. The van der Waals surface area contributed by atoms with E-state index in [2.05, 4.69) is 42.9 Å². The lowest BCUT2D eigenvalue weighted by Gasteiger charge is -2.10. The fraction of sp³-hybridized carbons (Fsp3) is 0.250. The Kier molecular flexibility index (Phi) is 2.74. The van der Waals surface area contributed by atoms with Crippen molar-refractivity contribution in [3.05, 3.63) is 51.7 Å². The van der Waals surface area contributed by atoms with E-state index in [0.717, 1.165) is 11.1 Å². The zero-order chi connectivity index (χ0) is 14.4. The Labute approximate surface area is 117 Å². The van der Waals surface area contributed by atoms with E-state index in [9.17, 15) is 4.79 Å². The summed E-state index contributed by atoms with van der Waals surface area (Å²) >= 11 is 0. The third kappa shape index (κ3) is 1.76. The van der Waals surface area contributed by atoms with Gasteiger partial charge in [-0.2, -0.15) is 0 Å². The van der Waals surface area contributed by atoms with Crippen molar-refractivity contribution < 1.29 is 0 Å². The molecule has 20 heavy (non-hydrogen) atoms. The number of benzene rings is 1. The monoisotopic (exact) mass is 267 g/mol. The molecule has 0 unspecified atom stereocenters. The number of nitrogens with zero attached hydrogens (tertiary/aromatic N) is 2. The first-order valence-electron chi connectivity index (χ1n) is 6.60. The lowest BCUT2D eigenvalue weighted by Crippen LogP contribution is -2.07. The van der Waals surface area contributed by atoms with Crippen LogP contribution >= 0.6 is 0 Å². The zero-order valence-corrected chi connectivity index (χ0v) is 12.1. The smallest absolute Gasteiger partial charge is 0.260 e. The van der Waals surface area contributed by atoms with Gasteiger partial charge in [0.2, 0.25) is 0 Å². The predicted octanol–water partition coefficient (Wildman–Crippen LogP) is 2.85. The van der Waals surface area contributed by atoms with Gasteiger partial charge in [-0.1, -0.05) is 17.7 Å². The molecule has 0 aliphatic heterocycles. The molecule has 0 amide bonds.